The van der Waals surface area contributed by atoms with E-state index in [0.29, 0.717) is 0 Å². The van der Waals surface area contributed by atoms with E-state index in [1.54, 1.807) is 0 Å². The number of aromatic nitrogens is 1. The standard InChI is InChI=1S/C34H34N/c1-21-22-14-8-9-15-23(22)28(33(2,3)4)20-26(21)32-31-30(25-17-11-13-19-29(25)35(32)7)24-16-10-12-18-27(24)34(31,5)6/h8-20H,1-7H3/q+1. The Balaban J connectivity index is 1.85. The van der Waals surface area contributed by atoms with E-state index in [1.165, 1.54) is 66.3 Å². The van der Waals surface area contributed by atoms with E-state index in [4.69, 9.17) is 0 Å². The van der Waals surface area contributed by atoms with Gasteiger partial charge >= 0.3 is 0 Å². The Kier molecular flexibility index (Phi) is 4.58. The summed E-state index contributed by atoms with van der Waals surface area (Å²) < 4.78 is 2.45. The summed E-state index contributed by atoms with van der Waals surface area (Å²) in [7, 11) is 2.25. The van der Waals surface area contributed by atoms with Crippen LogP contribution < -0.4 is 4.57 Å². The Bertz CT molecular complexity index is 1660. The van der Waals surface area contributed by atoms with E-state index < -0.39 is 0 Å². The number of fused-ring (bicyclic) bond motifs is 6. The second-order valence-electron chi connectivity index (χ2n) is 11.7. The Morgan fingerprint density at radius 3 is 2.03 bits per heavy atom. The third kappa shape index (κ3) is 2.97. The second kappa shape index (κ2) is 7.28. The van der Waals surface area contributed by atoms with Crippen molar-refractivity contribution in [3.8, 4) is 22.4 Å². The molecule has 0 aliphatic heterocycles. The summed E-state index contributed by atoms with van der Waals surface area (Å²) in [6.45, 7) is 14.1. The molecule has 0 fully saturated rings. The first-order valence-electron chi connectivity index (χ1n) is 12.7. The highest BCUT2D eigenvalue weighted by atomic mass is 14.9. The van der Waals surface area contributed by atoms with Crippen LogP contribution in [0.25, 0.3) is 44.1 Å². The van der Waals surface area contributed by atoms with Crippen LogP contribution in [0.15, 0.2) is 78.9 Å². The fourth-order valence-electron chi connectivity index (χ4n) is 6.49. The molecule has 1 heteroatoms. The fraction of sp³-hybridized carbons (Fsp3) is 0.265. The number of rotatable bonds is 1. The Hall–Kier alpha value is -3.45. The summed E-state index contributed by atoms with van der Waals surface area (Å²) in [6, 6.07) is 29.3. The lowest BCUT2D eigenvalue weighted by atomic mass is 9.77. The summed E-state index contributed by atoms with van der Waals surface area (Å²) in [5.41, 5.74) is 12.3. The number of hydrogen-bond acceptors (Lipinski definition) is 0. The van der Waals surface area contributed by atoms with Crippen molar-refractivity contribution in [2.75, 3.05) is 0 Å². The lowest BCUT2D eigenvalue weighted by Gasteiger charge is -2.26. The number of benzene rings is 4. The van der Waals surface area contributed by atoms with Gasteiger partial charge in [0.05, 0.1) is 10.9 Å². The normalized spacial score (nSPS) is 14.4. The molecule has 1 aliphatic rings. The Labute approximate surface area is 209 Å². The molecule has 1 aromatic heterocycles. The lowest BCUT2D eigenvalue weighted by Crippen LogP contribution is -2.36. The van der Waals surface area contributed by atoms with E-state index in [9.17, 15) is 0 Å². The van der Waals surface area contributed by atoms with Gasteiger partial charge in [-0.2, -0.15) is 4.57 Å². The molecule has 0 bridgehead atoms. The van der Waals surface area contributed by atoms with Crippen LogP contribution in [-0.4, -0.2) is 0 Å². The van der Waals surface area contributed by atoms with E-state index >= 15 is 0 Å². The fourth-order valence-corrected chi connectivity index (χ4v) is 6.49. The maximum Gasteiger partial charge on any atom is 0.217 e. The zero-order chi connectivity index (χ0) is 24.7. The summed E-state index contributed by atoms with van der Waals surface area (Å²) in [5, 5.41) is 4.05. The van der Waals surface area contributed by atoms with Gasteiger partial charge in [0.1, 0.15) is 7.05 Å². The first kappa shape index (κ1) is 22.0. The van der Waals surface area contributed by atoms with Crippen molar-refractivity contribution in [2.45, 2.75) is 52.4 Å². The van der Waals surface area contributed by atoms with Gasteiger partial charge in [-0.3, -0.25) is 0 Å². The predicted molar refractivity (Wildman–Crippen MR) is 149 cm³/mol. The molecule has 5 aromatic rings. The van der Waals surface area contributed by atoms with Crippen LogP contribution in [-0.2, 0) is 17.9 Å². The van der Waals surface area contributed by atoms with Crippen molar-refractivity contribution < 1.29 is 4.57 Å². The quantitative estimate of drug-likeness (QED) is 0.223. The Morgan fingerprint density at radius 1 is 0.714 bits per heavy atom. The highest BCUT2D eigenvalue weighted by molar-refractivity contribution is 6.03. The molecular weight excluding hydrogens is 422 g/mol. The summed E-state index contributed by atoms with van der Waals surface area (Å²) in [4.78, 5) is 0. The molecule has 1 nitrogen and oxygen atoms in total. The van der Waals surface area contributed by atoms with Gasteiger partial charge in [-0.05, 0) is 57.5 Å². The topological polar surface area (TPSA) is 3.88 Å². The van der Waals surface area contributed by atoms with Gasteiger partial charge in [-0.15, -0.1) is 0 Å². The summed E-state index contributed by atoms with van der Waals surface area (Å²) in [6.07, 6.45) is 0. The van der Waals surface area contributed by atoms with Gasteiger partial charge in [0.2, 0.25) is 11.2 Å². The molecule has 0 unspecified atom stereocenters. The Morgan fingerprint density at radius 2 is 1.31 bits per heavy atom. The molecule has 0 spiro atoms. The number of para-hydroxylation sites is 1. The number of hydrogen-bond donors (Lipinski definition) is 0. The molecule has 6 rings (SSSR count). The molecule has 0 amide bonds. The van der Waals surface area contributed by atoms with Gasteiger partial charge in [0.25, 0.3) is 0 Å². The molecule has 35 heavy (non-hydrogen) atoms. The maximum atomic E-state index is 2.49. The van der Waals surface area contributed by atoms with E-state index in [0.717, 1.165) is 0 Å². The van der Waals surface area contributed by atoms with Crippen molar-refractivity contribution in [3.63, 3.8) is 0 Å². The van der Waals surface area contributed by atoms with E-state index in [-0.39, 0.29) is 10.8 Å². The van der Waals surface area contributed by atoms with Crippen LogP contribution in [0.2, 0.25) is 0 Å². The monoisotopic (exact) mass is 456 g/mol. The van der Waals surface area contributed by atoms with Crippen molar-refractivity contribution in [1.82, 2.24) is 0 Å². The van der Waals surface area contributed by atoms with Gasteiger partial charge in [0.15, 0.2) is 0 Å². The van der Waals surface area contributed by atoms with Crippen molar-refractivity contribution in [1.29, 1.82) is 0 Å². The molecule has 0 saturated heterocycles. The van der Waals surface area contributed by atoms with Crippen molar-refractivity contribution in [3.05, 3.63) is 101 Å². The average molecular weight is 457 g/mol. The van der Waals surface area contributed by atoms with Crippen LogP contribution in [0, 0.1) is 6.92 Å². The number of aryl methyl sites for hydroxylation is 2. The third-order valence-corrected chi connectivity index (χ3v) is 8.23. The van der Waals surface area contributed by atoms with Crippen LogP contribution in [0.4, 0.5) is 0 Å². The lowest BCUT2D eigenvalue weighted by molar-refractivity contribution is -0.634. The first-order chi connectivity index (χ1) is 16.6. The van der Waals surface area contributed by atoms with Crippen LogP contribution in [0.5, 0.6) is 0 Å². The first-order valence-corrected chi connectivity index (χ1v) is 12.7. The summed E-state index contributed by atoms with van der Waals surface area (Å²) in [5.74, 6) is 0. The molecule has 1 aliphatic carbocycles. The molecule has 0 saturated carbocycles. The molecule has 1 heterocycles. The molecule has 174 valence electrons. The van der Waals surface area contributed by atoms with E-state index in [2.05, 4.69) is 132 Å². The molecular formula is C34H34N+. The zero-order valence-corrected chi connectivity index (χ0v) is 22.0. The largest absolute Gasteiger partial charge is 0.217 e. The number of pyridine rings is 1. The highest BCUT2D eigenvalue weighted by Crippen LogP contribution is 2.54. The van der Waals surface area contributed by atoms with Crippen LogP contribution >= 0.6 is 0 Å². The average Bonchev–Trinajstić information content (AvgIpc) is 3.07. The minimum absolute atomic E-state index is 0.0408. The van der Waals surface area contributed by atoms with Gasteiger partial charge < -0.3 is 0 Å². The van der Waals surface area contributed by atoms with Crippen molar-refractivity contribution in [2.24, 2.45) is 7.05 Å². The molecule has 0 N–H and O–H groups in total. The third-order valence-electron chi connectivity index (χ3n) is 8.23. The molecule has 0 atom stereocenters. The van der Waals surface area contributed by atoms with Crippen LogP contribution in [0.3, 0.4) is 0 Å². The predicted octanol–water partition coefficient (Wildman–Crippen LogP) is 8.40. The van der Waals surface area contributed by atoms with Crippen molar-refractivity contribution >= 4 is 21.7 Å². The van der Waals surface area contributed by atoms with Gasteiger partial charge in [0, 0.05) is 22.6 Å². The van der Waals surface area contributed by atoms with E-state index in [1.807, 2.05) is 0 Å². The maximum absolute atomic E-state index is 2.49. The SMILES string of the molecule is Cc1c(-c2c3c(c4ccccc4[n+]2C)-c2ccccc2C3(C)C)cc(C(C)(C)C)c2ccccc12. The minimum Gasteiger partial charge on any atom is -0.194 e. The molecule has 4 aromatic carbocycles. The van der Waals surface area contributed by atoms with Crippen LogP contribution in [0.1, 0.15) is 56.9 Å². The second-order valence-corrected chi connectivity index (χ2v) is 11.7. The number of nitrogens with zero attached hydrogens (tertiary/aromatic N) is 1. The molecule has 0 radical (unpaired) electrons. The minimum atomic E-state index is -0.0942. The smallest absolute Gasteiger partial charge is 0.194 e. The van der Waals surface area contributed by atoms with Gasteiger partial charge in [-0.1, -0.05) is 95.3 Å². The highest BCUT2D eigenvalue weighted by Gasteiger charge is 2.43. The summed E-state index contributed by atoms with van der Waals surface area (Å²) >= 11 is 0. The zero-order valence-electron chi connectivity index (χ0n) is 22.0. The van der Waals surface area contributed by atoms with Gasteiger partial charge in [-0.25, -0.2) is 0 Å².